The molecule has 1 heterocycles. The second-order valence-corrected chi connectivity index (χ2v) is 5.81. The lowest BCUT2D eigenvalue weighted by molar-refractivity contribution is -0.132. The Morgan fingerprint density at radius 1 is 1.30 bits per heavy atom. The van der Waals surface area contributed by atoms with Crippen LogP contribution in [0.4, 0.5) is 0 Å². The van der Waals surface area contributed by atoms with Crippen LogP contribution < -0.4 is 14.8 Å². The highest BCUT2D eigenvalue weighted by molar-refractivity contribution is 5.42. The Morgan fingerprint density at radius 2 is 2.05 bits per heavy atom. The van der Waals surface area contributed by atoms with Gasteiger partial charge in [-0.15, -0.1) is 0 Å². The first-order valence-corrected chi connectivity index (χ1v) is 7.10. The van der Waals surface area contributed by atoms with E-state index in [2.05, 4.69) is 26.1 Å². The van der Waals surface area contributed by atoms with Crippen molar-refractivity contribution >= 4 is 0 Å². The first-order valence-electron chi connectivity index (χ1n) is 7.10. The number of methoxy groups -OCH3 is 2. The highest BCUT2D eigenvalue weighted by Gasteiger charge is 2.37. The molecule has 0 amide bonds. The third-order valence-corrected chi connectivity index (χ3v) is 4.22. The molecule has 0 spiro atoms. The molecule has 1 aromatic rings. The molecule has 20 heavy (non-hydrogen) atoms. The van der Waals surface area contributed by atoms with Crippen molar-refractivity contribution in [3.8, 4) is 11.5 Å². The Labute approximate surface area is 121 Å². The zero-order chi connectivity index (χ0) is 14.8. The standard InChI is InChI=1S/C16H25NO3/c1-11(2)16(3)10-17-9-15(20-16)13-8-12(18-4)6-7-14(13)19-5/h6-8,11,15,17H,9-10H2,1-5H3. The maximum absolute atomic E-state index is 6.37. The van der Waals surface area contributed by atoms with E-state index in [4.69, 9.17) is 14.2 Å². The zero-order valence-electron chi connectivity index (χ0n) is 13.0. The lowest BCUT2D eigenvalue weighted by Crippen LogP contribution is -2.52. The molecular formula is C16H25NO3. The van der Waals surface area contributed by atoms with E-state index in [1.54, 1.807) is 14.2 Å². The first-order chi connectivity index (χ1) is 9.50. The number of rotatable bonds is 4. The molecule has 0 aromatic heterocycles. The maximum Gasteiger partial charge on any atom is 0.124 e. The average Bonchev–Trinajstić information content (AvgIpc) is 2.46. The predicted molar refractivity (Wildman–Crippen MR) is 79.5 cm³/mol. The van der Waals surface area contributed by atoms with Crippen LogP contribution >= 0.6 is 0 Å². The van der Waals surface area contributed by atoms with Crippen molar-refractivity contribution in [3.63, 3.8) is 0 Å². The number of benzene rings is 1. The van der Waals surface area contributed by atoms with Crippen LogP contribution in [-0.4, -0.2) is 32.9 Å². The van der Waals surface area contributed by atoms with Crippen molar-refractivity contribution in [3.05, 3.63) is 23.8 Å². The average molecular weight is 279 g/mol. The fraction of sp³-hybridized carbons (Fsp3) is 0.625. The van der Waals surface area contributed by atoms with Gasteiger partial charge in [-0.1, -0.05) is 13.8 Å². The van der Waals surface area contributed by atoms with Crippen molar-refractivity contribution in [1.82, 2.24) is 5.32 Å². The van der Waals surface area contributed by atoms with Gasteiger partial charge in [-0.2, -0.15) is 0 Å². The molecule has 1 aliphatic rings. The molecule has 4 heteroatoms. The van der Waals surface area contributed by atoms with Gasteiger partial charge in [0.25, 0.3) is 0 Å². The fourth-order valence-electron chi connectivity index (χ4n) is 2.46. The summed E-state index contributed by atoms with van der Waals surface area (Å²) in [6.07, 6.45) is -0.0267. The number of hydrogen-bond donors (Lipinski definition) is 1. The molecule has 1 aliphatic heterocycles. The lowest BCUT2D eigenvalue weighted by atomic mass is 9.89. The van der Waals surface area contributed by atoms with Gasteiger partial charge in [-0.25, -0.2) is 0 Å². The summed E-state index contributed by atoms with van der Waals surface area (Å²) in [4.78, 5) is 0. The molecule has 1 N–H and O–H groups in total. The van der Waals surface area contributed by atoms with Crippen LogP contribution in [0.2, 0.25) is 0 Å². The predicted octanol–water partition coefficient (Wildman–Crippen LogP) is 2.78. The Bertz CT molecular complexity index is 461. The summed E-state index contributed by atoms with van der Waals surface area (Å²) in [5.41, 5.74) is 0.864. The molecule has 1 saturated heterocycles. The van der Waals surface area contributed by atoms with Gasteiger partial charge in [0.2, 0.25) is 0 Å². The molecule has 0 radical (unpaired) electrons. The maximum atomic E-state index is 6.37. The number of nitrogens with one attached hydrogen (secondary N) is 1. The highest BCUT2D eigenvalue weighted by Crippen LogP contribution is 2.37. The fourth-order valence-corrected chi connectivity index (χ4v) is 2.46. The van der Waals surface area contributed by atoms with E-state index >= 15 is 0 Å². The summed E-state index contributed by atoms with van der Waals surface area (Å²) in [7, 11) is 3.35. The van der Waals surface area contributed by atoms with Gasteiger partial charge in [0.15, 0.2) is 0 Å². The highest BCUT2D eigenvalue weighted by atomic mass is 16.5. The Balaban J connectivity index is 2.30. The Morgan fingerprint density at radius 3 is 2.65 bits per heavy atom. The van der Waals surface area contributed by atoms with Crippen LogP contribution in [0.3, 0.4) is 0 Å². The summed E-state index contributed by atoms with van der Waals surface area (Å²) in [5, 5.41) is 3.47. The van der Waals surface area contributed by atoms with E-state index in [9.17, 15) is 0 Å². The van der Waals surface area contributed by atoms with E-state index in [-0.39, 0.29) is 11.7 Å². The number of hydrogen-bond acceptors (Lipinski definition) is 4. The van der Waals surface area contributed by atoms with Gasteiger partial charge < -0.3 is 19.5 Å². The van der Waals surface area contributed by atoms with Crippen molar-refractivity contribution in [2.45, 2.75) is 32.5 Å². The molecular weight excluding hydrogens is 254 g/mol. The van der Waals surface area contributed by atoms with E-state index in [0.29, 0.717) is 5.92 Å². The van der Waals surface area contributed by atoms with Gasteiger partial charge in [-0.05, 0) is 31.0 Å². The molecule has 2 atom stereocenters. The SMILES string of the molecule is COc1ccc(OC)c(C2CNCC(C)(C(C)C)O2)c1. The minimum absolute atomic E-state index is 0.0267. The molecule has 0 saturated carbocycles. The normalized spacial score (nSPS) is 26.6. The summed E-state index contributed by atoms with van der Waals surface area (Å²) >= 11 is 0. The van der Waals surface area contributed by atoms with E-state index in [1.807, 2.05) is 18.2 Å². The molecule has 1 aromatic carbocycles. The molecule has 2 rings (SSSR count). The quantitative estimate of drug-likeness (QED) is 0.920. The summed E-state index contributed by atoms with van der Waals surface area (Å²) in [6, 6.07) is 5.83. The van der Waals surface area contributed by atoms with E-state index < -0.39 is 0 Å². The Kier molecular flexibility index (Phi) is 4.55. The Hall–Kier alpha value is -1.26. The van der Waals surface area contributed by atoms with Crippen LogP contribution in [0.1, 0.15) is 32.4 Å². The first kappa shape index (κ1) is 15.1. The molecule has 0 aliphatic carbocycles. The van der Waals surface area contributed by atoms with Crippen molar-refractivity contribution in [2.24, 2.45) is 5.92 Å². The van der Waals surface area contributed by atoms with Crippen LogP contribution in [-0.2, 0) is 4.74 Å². The van der Waals surface area contributed by atoms with Gasteiger partial charge in [-0.3, -0.25) is 0 Å². The third-order valence-electron chi connectivity index (χ3n) is 4.22. The minimum atomic E-state index is -0.170. The topological polar surface area (TPSA) is 39.7 Å². The molecule has 0 bridgehead atoms. The summed E-state index contributed by atoms with van der Waals surface area (Å²) in [5.74, 6) is 2.10. The number of morpholine rings is 1. The van der Waals surface area contributed by atoms with Gasteiger partial charge in [0.1, 0.15) is 11.5 Å². The van der Waals surface area contributed by atoms with Crippen LogP contribution in [0.25, 0.3) is 0 Å². The van der Waals surface area contributed by atoms with Crippen molar-refractivity contribution < 1.29 is 14.2 Å². The third kappa shape index (κ3) is 2.91. The minimum Gasteiger partial charge on any atom is -0.497 e. The van der Waals surface area contributed by atoms with E-state index in [0.717, 1.165) is 30.2 Å². The molecule has 1 fully saturated rings. The molecule has 112 valence electrons. The van der Waals surface area contributed by atoms with E-state index in [1.165, 1.54) is 0 Å². The van der Waals surface area contributed by atoms with Crippen LogP contribution in [0, 0.1) is 5.92 Å². The van der Waals surface area contributed by atoms with Crippen LogP contribution in [0.5, 0.6) is 11.5 Å². The monoisotopic (exact) mass is 279 g/mol. The molecule has 2 unspecified atom stereocenters. The van der Waals surface area contributed by atoms with Crippen molar-refractivity contribution in [2.75, 3.05) is 27.3 Å². The second kappa shape index (κ2) is 6.02. The van der Waals surface area contributed by atoms with Gasteiger partial charge in [0.05, 0.1) is 25.9 Å². The molecule has 4 nitrogen and oxygen atoms in total. The second-order valence-electron chi connectivity index (χ2n) is 5.81. The zero-order valence-corrected chi connectivity index (χ0v) is 13.0. The van der Waals surface area contributed by atoms with Crippen LogP contribution in [0.15, 0.2) is 18.2 Å². The number of ether oxygens (including phenoxy) is 3. The summed E-state index contributed by atoms with van der Waals surface area (Å²) in [6.45, 7) is 8.18. The smallest absolute Gasteiger partial charge is 0.124 e. The van der Waals surface area contributed by atoms with Crippen molar-refractivity contribution in [1.29, 1.82) is 0 Å². The van der Waals surface area contributed by atoms with Gasteiger partial charge in [0, 0.05) is 18.7 Å². The lowest BCUT2D eigenvalue weighted by Gasteiger charge is -2.42. The summed E-state index contributed by atoms with van der Waals surface area (Å²) < 4.78 is 17.1. The largest absolute Gasteiger partial charge is 0.497 e. The van der Waals surface area contributed by atoms with Gasteiger partial charge >= 0.3 is 0 Å².